The summed E-state index contributed by atoms with van der Waals surface area (Å²) >= 11 is 0. The van der Waals surface area contributed by atoms with Gasteiger partial charge in [-0.1, -0.05) is 220 Å². The first-order valence-corrected chi connectivity index (χ1v) is 24.5. The summed E-state index contributed by atoms with van der Waals surface area (Å²) in [6.07, 6.45) is 0. The lowest BCUT2D eigenvalue weighted by atomic mass is 9.56. The van der Waals surface area contributed by atoms with Gasteiger partial charge in [-0.05, 0) is 115 Å². The normalized spacial score (nSPS) is 16.5. The quantitative estimate of drug-likeness (QED) is 0.157. The molecule has 0 aromatic heterocycles. The molecule has 70 heavy (non-hydrogen) atoms. The van der Waals surface area contributed by atoms with Crippen LogP contribution in [0.4, 0.5) is 34.1 Å². The van der Waals surface area contributed by atoms with Crippen LogP contribution in [0.2, 0.25) is 0 Å². The zero-order chi connectivity index (χ0) is 46.6. The molecule has 14 rings (SSSR count). The number of hydrogen-bond donors (Lipinski definition) is 0. The first kappa shape index (κ1) is 40.4. The highest BCUT2D eigenvalue weighted by molar-refractivity contribution is 6.07. The van der Waals surface area contributed by atoms with Crippen LogP contribution in [0.5, 0.6) is 0 Å². The van der Waals surface area contributed by atoms with Gasteiger partial charge in [-0.15, -0.1) is 0 Å². The summed E-state index contributed by atoms with van der Waals surface area (Å²) in [6, 6.07) is 95.0. The number of fused-ring (bicyclic) bond motifs is 10. The van der Waals surface area contributed by atoms with Crippen molar-refractivity contribution in [3.05, 3.63) is 277 Å². The van der Waals surface area contributed by atoms with Gasteiger partial charge in [-0.3, -0.25) is 0 Å². The topological polar surface area (TPSA) is 6.48 Å². The maximum atomic E-state index is 2.54. The van der Waals surface area contributed by atoms with E-state index in [4.69, 9.17) is 0 Å². The molecule has 0 heterocycles. The van der Waals surface area contributed by atoms with E-state index in [2.05, 4.69) is 278 Å². The summed E-state index contributed by atoms with van der Waals surface area (Å²) < 4.78 is 0. The maximum absolute atomic E-state index is 2.54. The first-order valence-electron chi connectivity index (χ1n) is 24.5. The zero-order valence-corrected chi connectivity index (χ0v) is 39.1. The van der Waals surface area contributed by atoms with E-state index in [0.717, 1.165) is 34.1 Å². The summed E-state index contributed by atoms with van der Waals surface area (Å²) in [7, 11) is 0. The van der Waals surface area contributed by atoms with Gasteiger partial charge < -0.3 is 9.80 Å². The molecule has 2 heteroatoms. The minimum Gasteiger partial charge on any atom is -0.309 e. The van der Waals surface area contributed by atoms with Crippen LogP contribution in [0.1, 0.15) is 36.1 Å². The molecule has 0 spiro atoms. The summed E-state index contributed by atoms with van der Waals surface area (Å²) in [4.78, 5) is 5.02. The molecule has 0 N–H and O–H groups in total. The van der Waals surface area contributed by atoms with Crippen LogP contribution in [-0.2, 0) is 10.8 Å². The smallest absolute Gasteiger partial charge is 0.0540 e. The lowest BCUT2D eigenvalue weighted by Crippen LogP contribution is -2.44. The molecular formula is C68H48N2. The monoisotopic (exact) mass is 892 g/mol. The van der Waals surface area contributed by atoms with E-state index in [-0.39, 0.29) is 0 Å². The van der Waals surface area contributed by atoms with Gasteiger partial charge in [-0.2, -0.15) is 0 Å². The number of anilines is 6. The van der Waals surface area contributed by atoms with Gasteiger partial charge in [0, 0.05) is 43.7 Å². The van der Waals surface area contributed by atoms with Gasteiger partial charge in [0.15, 0.2) is 0 Å². The van der Waals surface area contributed by atoms with E-state index in [0.29, 0.717) is 0 Å². The van der Waals surface area contributed by atoms with Gasteiger partial charge in [0.2, 0.25) is 0 Å². The van der Waals surface area contributed by atoms with E-state index in [1.54, 1.807) is 0 Å². The van der Waals surface area contributed by atoms with Crippen molar-refractivity contribution in [2.24, 2.45) is 0 Å². The highest BCUT2D eigenvalue weighted by Gasteiger charge is 2.57. The second kappa shape index (κ2) is 15.4. The molecule has 0 saturated heterocycles. The largest absolute Gasteiger partial charge is 0.309 e. The van der Waals surface area contributed by atoms with Crippen molar-refractivity contribution in [1.82, 2.24) is 0 Å². The van der Waals surface area contributed by atoms with Crippen LogP contribution >= 0.6 is 0 Å². The summed E-state index contributed by atoms with van der Waals surface area (Å²) in [5.74, 6) is 0. The van der Waals surface area contributed by atoms with Crippen LogP contribution < -0.4 is 9.80 Å². The van der Waals surface area contributed by atoms with Crippen molar-refractivity contribution in [2.75, 3.05) is 9.80 Å². The minimum atomic E-state index is -0.512. The molecule has 2 atom stereocenters. The molecule has 2 unspecified atom stereocenters. The third-order valence-electron chi connectivity index (χ3n) is 16.1. The summed E-state index contributed by atoms with van der Waals surface area (Å²) in [5.41, 5.74) is 16.4. The molecule has 12 aromatic rings. The molecule has 330 valence electrons. The van der Waals surface area contributed by atoms with Gasteiger partial charge in [-0.25, -0.2) is 0 Å². The Hall–Kier alpha value is -8.72. The Morgan fingerprint density at radius 2 is 0.514 bits per heavy atom. The fraction of sp³-hybridized carbons (Fsp3) is 0.0588. The second-order valence-electron chi connectivity index (χ2n) is 19.5. The van der Waals surface area contributed by atoms with Crippen molar-refractivity contribution in [3.8, 4) is 22.3 Å². The van der Waals surface area contributed by atoms with Gasteiger partial charge in [0.25, 0.3) is 0 Å². The van der Waals surface area contributed by atoms with E-state index in [9.17, 15) is 0 Å². The van der Waals surface area contributed by atoms with E-state index in [1.807, 2.05) is 0 Å². The number of nitrogens with zero attached hydrogens (tertiary/aromatic N) is 2. The highest BCUT2D eigenvalue weighted by Crippen LogP contribution is 2.66. The second-order valence-corrected chi connectivity index (χ2v) is 19.5. The predicted octanol–water partition coefficient (Wildman–Crippen LogP) is 18.5. The predicted molar refractivity (Wildman–Crippen MR) is 296 cm³/mol. The van der Waals surface area contributed by atoms with Crippen LogP contribution in [0.15, 0.2) is 255 Å². The summed E-state index contributed by atoms with van der Waals surface area (Å²) in [6.45, 7) is 5.07. The molecule has 2 aliphatic carbocycles. The van der Waals surface area contributed by atoms with Crippen LogP contribution in [0, 0.1) is 0 Å². The molecule has 2 aliphatic rings. The standard InChI is InChI=1S/C68H48N2/c1-67(59-33-13-11-31-55(59)57-41-39-49(43-61(57)67)69(63-35-15-23-45-19-3-7-27-51(45)63)64-36-16-24-46-20-4-8-28-52(46)64)68(2)60-34-14-12-32-56(60)58-42-40-50(44-62(58)68)70(65-37-17-25-47-21-5-9-29-53(47)65)66-38-18-26-48-22-6-10-30-54(48)66/h3-44H,1-2H3. The number of rotatable bonds is 7. The maximum Gasteiger partial charge on any atom is 0.0540 e. The van der Waals surface area contributed by atoms with Gasteiger partial charge in [0.05, 0.1) is 22.7 Å². The number of hydrogen-bond acceptors (Lipinski definition) is 2. The highest BCUT2D eigenvalue weighted by atomic mass is 15.2. The zero-order valence-electron chi connectivity index (χ0n) is 39.1. The molecule has 12 aromatic carbocycles. The molecule has 0 bridgehead atoms. The van der Waals surface area contributed by atoms with Crippen molar-refractivity contribution >= 4 is 77.2 Å². The summed E-state index contributed by atoms with van der Waals surface area (Å²) in [5, 5.41) is 9.71. The third kappa shape index (κ3) is 5.68. The Balaban J connectivity index is 1.03. The Morgan fingerprint density at radius 1 is 0.243 bits per heavy atom. The fourth-order valence-corrected chi connectivity index (χ4v) is 12.7. The molecule has 0 radical (unpaired) electrons. The van der Waals surface area contributed by atoms with Crippen LogP contribution in [0.25, 0.3) is 65.3 Å². The van der Waals surface area contributed by atoms with Crippen molar-refractivity contribution in [2.45, 2.75) is 24.7 Å². The average Bonchev–Trinajstić information content (AvgIpc) is 3.84. The van der Waals surface area contributed by atoms with Crippen LogP contribution in [0.3, 0.4) is 0 Å². The minimum absolute atomic E-state index is 0.512. The van der Waals surface area contributed by atoms with Crippen molar-refractivity contribution in [1.29, 1.82) is 0 Å². The molecule has 0 aliphatic heterocycles. The molecule has 0 fully saturated rings. The van der Waals surface area contributed by atoms with Gasteiger partial charge >= 0.3 is 0 Å². The molecular weight excluding hydrogens is 845 g/mol. The van der Waals surface area contributed by atoms with E-state index >= 15 is 0 Å². The van der Waals surface area contributed by atoms with Crippen molar-refractivity contribution in [3.63, 3.8) is 0 Å². The fourth-order valence-electron chi connectivity index (χ4n) is 12.7. The van der Waals surface area contributed by atoms with Gasteiger partial charge in [0.1, 0.15) is 0 Å². The Morgan fingerprint density at radius 3 is 0.857 bits per heavy atom. The van der Waals surface area contributed by atoms with Crippen LogP contribution in [-0.4, -0.2) is 0 Å². The van der Waals surface area contributed by atoms with E-state index < -0.39 is 10.8 Å². The Labute approximate surface area is 409 Å². The first-order chi connectivity index (χ1) is 34.5. The van der Waals surface area contributed by atoms with Crippen molar-refractivity contribution < 1.29 is 0 Å². The Bertz CT molecular complexity index is 3640. The molecule has 0 saturated carbocycles. The molecule has 2 nitrogen and oxygen atoms in total. The Kier molecular flexibility index (Phi) is 8.88. The van der Waals surface area contributed by atoms with E-state index in [1.165, 1.54) is 87.6 Å². The number of benzene rings is 12. The molecule has 0 amide bonds. The lowest BCUT2D eigenvalue weighted by Gasteiger charge is -2.45. The third-order valence-corrected chi connectivity index (χ3v) is 16.1. The average molecular weight is 893 g/mol. The lowest BCUT2D eigenvalue weighted by molar-refractivity contribution is 0.376. The SMILES string of the molecule is CC1(C2(C)c3ccccc3-c3ccc(N(c4cccc5ccccc45)c4cccc5ccccc45)cc32)c2ccccc2-c2ccc(N(c3cccc4ccccc34)c3cccc4ccccc34)cc21.